The van der Waals surface area contributed by atoms with Gasteiger partial charge in [-0.1, -0.05) is 62.0 Å². The summed E-state index contributed by atoms with van der Waals surface area (Å²) in [6.45, 7) is 2.83. The SMILES string of the molecule is CCCC(O)C/C=C\C/C=C\C/C=C\C/C=C\CCCC(=O)O[C@@H](CO)COC(C)=O. The van der Waals surface area contributed by atoms with Crippen LogP contribution in [0.5, 0.6) is 0 Å². The standard InChI is InChI=1S/C25H40O6/c1-3-17-23(28)18-15-13-11-9-7-5-4-6-8-10-12-14-16-19-25(29)31-24(20-26)21-30-22(2)27/h4,6-7,9-10,12-13,15,23-24,26,28H,3,5,8,11,14,16-21H2,1-2H3/b6-4-,9-7-,12-10-,15-13-/t23?,24-/m0/s1. The van der Waals surface area contributed by atoms with Gasteiger partial charge >= 0.3 is 11.9 Å². The van der Waals surface area contributed by atoms with E-state index >= 15 is 0 Å². The Bertz CT molecular complexity index is 577. The molecule has 0 saturated carbocycles. The van der Waals surface area contributed by atoms with Crippen molar-refractivity contribution in [2.45, 2.75) is 83.8 Å². The molecule has 0 radical (unpaired) electrons. The molecule has 0 heterocycles. The van der Waals surface area contributed by atoms with Crippen LogP contribution in [-0.4, -0.2) is 47.6 Å². The van der Waals surface area contributed by atoms with Crippen molar-refractivity contribution in [3.8, 4) is 0 Å². The van der Waals surface area contributed by atoms with Gasteiger partial charge in [0.1, 0.15) is 6.61 Å². The Morgan fingerprint density at radius 3 is 2.06 bits per heavy atom. The third-order valence-corrected chi connectivity index (χ3v) is 4.24. The maximum absolute atomic E-state index is 11.7. The number of hydrogen-bond acceptors (Lipinski definition) is 6. The second-order valence-electron chi connectivity index (χ2n) is 7.26. The van der Waals surface area contributed by atoms with Crippen LogP contribution < -0.4 is 0 Å². The highest BCUT2D eigenvalue weighted by molar-refractivity contribution is 5.69. The zero-order valence-corrected chi connectivity index (χ0v) is 19.1. The molecule has 0 aromatic heterocycles. The molecule has 1 unspecified atom stereocenters. The molecule has 31 heavy (non-hydrogen) atoms. The van der Waals surface area contributed by atoms with Gasteiger partial charge in [-0.05, 0) is 44.9 Å². The quantitative estimate of drug-likeness (QED) is 0.186. The van der Waals surface area contributed by atoms with E-state index in [2.05, 4.69) is 43.4 Å². The highest BCUT2D eigenvalue weighted by Crippen LogP contribution is 2.04. The maximum Gasteiger partial charge on any atom is 0.306 e. The number of hydrogen-bond donors (Lipinski definition) is 2. The number of esters is 2. The molecule has 2 N–H and O–H groups in total. The van der Waals surface area contributed by atoms with Crippen molar-refractivity contribution in [2.24, 2.45) is 0 Å². The molecule has 0 aliphatic rings. The number of allylic oxidation sites excluding steroid dienone is 7. The Kier molecular flexibility index (Phi) is 19.6. The fourth-order valence-electron chi connectivity index (χ4n) is 2.58. The van der Waals surface area contributed by atoms with Crippen LogP contribution in [0.2, 0.25) is 0 Å². The summed E-state index contributed by atoms with van der Waals surface area (Å²) in [4.78, 5) is 22.4. The Hall–Kier alpha value is -2.18. The van der Waals surface area contributed by atoms with E-state index in [9.17, 15) is 14.7 Å². The molecule has 0 aliphatic heterocycles. The lowest BCUT2D eigenvalue weighted by Crippen LogP contribution is -2.28. The van der Waals surface area contributed by atoms with Gasteiger partial charge in [-0.15, -0.1) is 0 Å². The number of carbonyl (C=O) groups is 2. The van der Waals surface area contributed by atoms with Crippen molar-refractivity contribution in [1.82, 2.24) is 0 Å². The fraction of sp³-hybridized carbons (Fsp3) is 0.600. The smallest absolute Gasteiger partial charge is 0.306 e. The maximum atomic E-state index is 11.7. The van der Waals surface area contributed by atoms with E-state index in [0.29, 0.717) is 6.42 Å². The van der Waals surface area contributed by atoms with Crippen LogP contribution in [0.4, 0.5) is 0 Å². The monoisotopic (exact) mass is 436 g/mol. The van der Waals surface area contributed by atoms with Gasteiger partial charge in [-0.25, -0.2) is 0 Å². The van der Waals surface area contributed by atoms with Crippen molar-refractivity contribution in [2.75, 3.05) is 13.2 Å². The minimum Gasteiger partial charge on any atom is -0.462 e. The normalized spacial score (nSPS) is 14.1. The highest BCUT2D eigenvalue weighted by atomic mass is 16.6. The summed E-state index contributed by atoms with van der Waals surface area (Å²) in [5.74, 6) is -0.880. The molecule has 0 aromatic rings. The molecule has 0 fully saturated rings. The van der Waals surface area contributed by atoms with Gasteiger partial charge in [-0.2, -0.15) is 0 Å². The van der Waals surface area contributed by atoms with E-state index in [1.54, 1.807) is 0 Å². The minimum absolute atomic E-state index is 0.126. The number of rotatable bonds is 18. The lowest BCUT2D eigenvalue weighted by atomic mass is 10.1. The van der Waals surface area contributed by atoms with Gasteiger partial charge in [0.2, 0.25) is 0 Å². The first kappa shape index (κ1) is 28.8. The average molecular weight is 437 g/mol. The largest absolute Gasteiger partial charge is 0.462 e. The average Bonchev–Trinajstić information content (AvgIpc) is 2.73. The van der Waals surface area contributed by atoms with Crippen molar-refractivity contribution in [1.29, 1.82) is 0 Å². The molecule has 2 atom stereocenters. The van der Waals surface area contributed by atoms with E-state index in [1.165, 1.54) is 6.92 Å². The summed E-state index contributed by atoms with van der Waals surface area (Å²) in [5.41, 5.74) is 0. The lowest BCUT2D eigenvalue weighted by Gasteiger charge is -2.14. The Morgan fingerprint density at radius 1 is 0.935 bits per heavy atom. The molecule has 6 heteroatoms. The van der Waals surface area contributed by atoms with Crippen molar-refractivity contribution in [3.63, 3.8) is 0 Å². The van der Waals surface area contributed by atoms with Crippen LogP contribution in [-0.2, 0) is 19.1 Å². The summed E-state index contributed by atoms with van der Waals surface area (Å²) < 4.78 is 9.79. The first-order valence-corrected chi connectivity index (χ1v) is 11.2. The predicted octanol–water partition coefficient (Wildman–Crippen LogP) is 4.57. The minimum atomic E-state index is -0.805. The summed E-state index contributed by atoms with van der Waals surface area (Å²) in [6, 6.07) is 0. The van der Waals surface area contributed by atoms with E-state index in [0.717, 1.165) is 44.9 Å². The summed E-state index contributed by atoms with van der Waals surface area (Å²) >= 11 is 0. The Balaban J connectivity index is 3.71. The zero-order chi connectivity index (χ0) is 23.2. The van der Waals surface area contributed by atoms with Crippen molar-refractivity contribution < 1.29 is 29.3 Å². The Labute approximate surface area is 187 Å². The molecular formula is C25H40O6. The second-order valence-corrected chi connectivity index (χ2v) is 7.26. The molecule has 0 amide bonds. The third kappa shape index (κ3) is 20.9. The van der Waals surface area contributed by atoms with Gasteiger partial charge < -0.3 is 19.7 Å². The molecule has 0 rings (SSSR count). The second kappa shape index (κ2) is 21.1. The number of unbranched alkanes of at least 4 members (excludes halogenated alkanes) is 1. The molecule has 0 aromatic carbocycles. The number of ether oxygens (including phenoxy) is 2. The van der Waals surface area contributed by atoms with Crippen LogP contribution in [0.3, 0.4) is 0 Å². The van der Waals surface area contributed by atoms with Gasteiger partial charge in [-0.3, -0.25) is 9.59 Å². The third-order valence-electron chi connectivity index (χ3n) is 4.24. The molecular weight excluding hydrogens is 396 g/mol. The van der Waals surface area contributed by atoms with Crippen LogP contribution in [0.1, 0.15) is 71.6 Å². The fourth-order valence-corrected chi connectivity index (χ4v) is 2.58. The zero-order valence-electron chi connectivity index (χ0n) is 19.1. The summed E-state index contributed by atoms with van der Waals surface area (Å²) in [6.07, 6.45) is 22.6. The molecule has 0 aliphatic carbocycles. The van der Waals surface area contributed by atoms with Gasteiger partial charge in [0, 0.05) is 13.3 Å². The topological polar surface area (TPSA) is 93.1 Å². The molecule has 0 spiro atoms. The van der Waals surface area contributed by atoms with E-state index in [-0.39, 0.29) is 25.7 Å². The van der Waals surface area contributed by atoms with Crippen molar-refractivity contribution in [3.05, 3.63) is 48.6 Å². The van der Waals surface area contributed by atoms with Gasteiger partial charge in [0.15, 0.2) is 6.10 Å². The Morgan fingerprint density at radius 2 is 1.52 bits per heavy atom. The highest BCUT2D eigenvalue weighted by Gasteiger charge is 2.14. The van der Waals surface area contributed by atoms with Gasteiger partial charge in [0.25, 0.3) is 0 Å². The summed E-state index contributed by atoms with van der Waals surface area (Å²) in [7, 11) is 0. The van der Waals surface area contributed by atoms with Crippen molar-refractivity contribution >= 4 is 11.9 Å². The van der Waals surface area contributed by atoms with Crippen LogP contribution >= 0.6 is 0 Å². The van der Waals surface area contributed by atoms with E-state index in [4.69, 9.17) is 14.6 Å². The van der Waals surface area contributed by atoms with Crippen LogP contribution in [0, 0.1) is 0 Å². The summed E-state index contributed by atoms with van der Waals surface area (Å²) in [5, 5.41) is 18.7. The number of aliphatic hydroxyl groups excluding tert-OH is 2. The molecule has 0 saturated heterocycles. The predicted molar refractivity (Wildman–Crippen MR) is 123 cm³/mol. The molecule has 6 nitrogen and oxygen atoms in total. The van der Waals surface area contributed by atoms with Gasteiger partial charge in [0.05, 0.1) is 12.7 Å². The molecule has 176 valence electrons. The number of carbonyl (C=O) groups excluding carboxylic acids is 2. The van der Waals surface area contributed by atoms with Crippen LogP contribution in [0.25, 0.3) is 0 Å². The first-order chi connectivity index (χ1) is 15.0. The number of aliphatic hydroxyl groups is 2. The van der Waals surface area contributed by atoms with E-state index in [1.807, 2.05) is 12.2 Å². The lowest BCUT2D eigenvalue weighted by molar-refractivity contribution is -0.160. The van der Waals surface area contributed by atoms with Crippen LogP contribution in [0.15, 0.2) is 48.6 Å². The first-order valence-electron chi connectivity index (χ1n) is 11.2. The molecule has 0 bridgehead atoms. The van der Waals surface area contributed by atoms with E-state index < -0.39 is 18.0 Å².